The van der Waals surface area contributed by atoms with Crippen LogP contribution in [-0.4, -0.2) is 21.6 Å². The fourth-order valence-corrected chi connectivity index (χ4v) is 6.47. The standard InChI is InChI=1S/C26H25NO4/c28-22-12-16-8-4-9-17-18(26(29)30)13-19-24-20(27(22)25(19)23(16)17)10-5-11-21(24)31-14-15-6-2-1-3-7-15/h1-3,5-7,10-11,16-18,23H,4,8-9,12-14H2,(H,29,30)/t16-,17+,18-,23+/m1/s1. The minimum atomic E-state index is -0.711. The number of nitrogens with zero attached hydrogens (tertiary/aromatic N) is 1. The van der Waals surface area contributed by atoms with E-state index in [1.54, 1.807) is 0 Å². The Morgan fingerprint density at radius 2 is 1.90 bits per heavy atom. The molecule has 0 amide bonds. The van der Waals surface area contributed by atoms with Crippen molar-refractivity contribution in [3.8, 4) is 5.75 Å². The van der Waals surface area contributed by atoms with Crippen molar-refractivity contribution in [2.45, 2.75) is 44.6 Å². The number of carbonyl (C=O) groups excluding carboxylic acids is 1. The normalized spacial score (nSPS) is 26.5. The number of carbonyl (C=O) groups is 2. The molecule has 2 aromatic carbocycles. The number of fused-ring (bicyclic) bond motifs is 3. The van der Waals surface area contributed by atoms with E-state index in [2.05, 4.69) is 0 Å². The lowest BCUT2D eigenvalue weighted by atomic mass is 9.59. The van der Waals surface area contributed by atoms with Crippen LogP contribution in [0.2, 0.25) is 0 Å². The Hall–Kier alpha value is -3.08. The van der Waals surface area contributed by atoms with Gasteiger partial charge in [-0.2, -0.15) is 0 Å². The Balaban J connectivity index is 1.53. The lowest BCUT2D eigenvalue weighted by molar-refractivity contribution is -0.145. The molecule has 5 heteroatoms. The second-order valence-corrected chi connectivity index (χ2v) is 9.25. The Kier molecular flexibility index (Phi) is 4.20. The zero-order valence-electron chi connectivity index (χ0n) is 17.3. The maximum atomic E-state index is 13.2. The molecule has 158 valence electrons. The van der Waals surface area contributed by atoms with Crippen molar-refractivity contribution in [1.29, 1.82) is 0 Å². The topological polar surface area (TPSA) is 68.5 Å². The molecule has 0 radical (unpaired) electrons. The van der Waals surface area contributed by atoms with Crippen LogP contribution in [0.3, 0.4) is 0 Å². The minimum Gasteiger partial charge on any atom is -0.488 e. The van der Waals surface area contributed by atoms with Crippen LogP contribution in [0.1, 0.15) is 53.2 Å². The highest BCUT2D eigenvalue weighted by Crippen LogP contribution is 2.56. The van der Waals surface area contributed by atoms with E-state index in [4.69, 9.17) is 4.74 Å². The van der Waals surface area contributed by atoms with Crippen LogP contribution < -0.4 is 4.74 Å². The Bertz CT molecular complexity index is 1200. The molecule has 0 bridgehead atoms. The van der Waals surface area contributed by atoms with Gasteiger partial charge in [-0.3, -0.25) is 14.2 Å². The van der Waals surface area contributed by atoms with Crippen LogP contribution in [0.4, 0.5) is 0 Å². The average Bonchev–Trinajstić information content (AvgIpc) is 3.13. The largest absolute Gasteiger partial charge is 0.488 e. The summed E-state index contributed by atoms with van der Waals surface area (Å²) in [5.41, 5.74) is 4.04. The first-order chi connectivity index (χ1) is 15.1. The van der Waals surface area contributed by atoms with Crippen molar-refractivity contribution in [3.05, 3.63) is 65.4 Å². The number of hydrogen-bond acceptors (Lipinski definition) is 3. The van der Waals surface area contributed by atoms with Gasteiger partial charge in [0.25, 0.3) is 0 Å². The second-order valence-electron chi connectivity index (χ2n) is 9.25. The van der Waals surface area contributed by atoms with Crippen LogP contribution >= 0.6 is 0 Å². The van der Waals surface area contributed by atoms with E-state index in [1.165, 1.54) is 0 Å². The number of ether oxygens (including phenoxy) is 1. The van der Waals surface area contributed by atoms with Gasteiger partial charge < -0.3 is 9.84 Å². The first-order valence-corrected chi connectivity index (χ1v) is 11.2. The minimum absolute atomic E-state index is 0.119. The number of aromatic nitrogens is 1. The van der Waals surface area contributed by atoms with Crippen LogP contribution in [-0.2, 0) is 17.8 Å². The van der Waals surface area contributed by atoms with Gasteiger partial charge in [0.2, 0.25) is 5.91 Å². The van der Waals surface area contributed by atoms with E-state index >= 15 is 0 Å². The molecule has 0 unspecified atom stereocenters. The van der Waals surface area contributed by atoms with Gasteiger partial charge in [0, 0.05) is 23.4 Å². The third kappa shape index (κ3) is 2.75. The lowest BCUT2D eigenvalue weighted by Crippen LogP contribution is -2.44. The third-order valence-corrected chi connectivity index (χ3v) is 7.68. The first kappa shape index (κ1) is 18.7. The van der Waals surface area contributed by atoms with Gasteiger partial charge in [0.05, 0.1) is 11.4 Å². The predicted octanol–water partition coefficient (Wildman–Crippen LogP) is 5.02. The number of rotatable bonds is 4. The molecule has 0 saturated heterocycles. The van der Waals surface area contributed by atoms with Gasteiger partial charge >= 0.3 is 5.97 Å². The Morgan fingerprint density at radius 1 is 1.06 bits per heavy atom. The average molecular weight is 415 g/mol. The molecule has 3 aliphatic rings. The maximum absolute atomic E-state index is 13.2. The SMILES string of the molecule is O=C(O)[C@@H]1Cc2c3n(c4cccc(OCc5ccccc5)c24)C(=O)C[C@H]2CCC[C@@H]1[C@@H]32. The van der Waals surface area contributed by atoms with Gasteiger partial charge in [-0.1, -0.05) is 42.8 Å². The molecule has 6 rings (SSSR count). The van der Waals surface area contributed by atoms with E-state index in [0.29, 0.717) is 19.4 Å². The fourth-order valence-electron chi connectivity index (χ4n) is 6.47. The monoisotopic (exact) mass is 415 g/mol. The molecule has 31 heavy (non-hydrogen) atoms. The third-order valence-electron chi connectivity index (χ3n) is 7.68. The number of carboxylic acids is 1. The highest BCUT2D eigenvalue weighted by atomic mass is 16.5. The van der Waals surface area contributed by atoms with Crippen LogP contribution in [0.5, 0.6) is 5.75 Å². The van der Waals surface area contributed by atoms with E-state index in [9.17, 15) is 14.7 Å². The zero-order valence-corrected chi connectivity index (χ0v) is 17.3. The van der Waals surface area contributed by atoms with Gasteiger partial charge in [0.1, 0.15) is 12.4 Å². The lowest BCUT2D eigenvalue weighted by Gasteiger charge is -2.46. The highest BCUT2D eigenvalue weighted by molar-refractivity contribution is 6.01. The summed E-state index contributed by atoms with van der Waals surface area (Å²) in [6.45, 7) is 0.435. The molecule has 1 N–H and O–H groups in total. The van der Waals surface area contributed by atoms with E-state index < -0.39 is 11.9 Å². The van der Waals surface area contributed by atoms with E-state index in [0.717, 1.165) is 52.7 Å². The molecule has 5 nitrogen and oxygen atoms in total. The molecule has 1 saturated carbocycles. The summed E-state index contributed by atoms with van der Waals surface area (Å²) in [7, 11) is 0. The molecular weight excluding hydrogens is 390 g/mol. The Labute approximate surface area is 180 Å². The quantitative estimate of drug-likeness (QED) is 0.650. The fraction of sp³-hybridized carbons (Fsp3) is 0.385. The molecule has 0 spiro atoms. The molecular formula is C26H25NO4. The summed E-state index contributed by atoms with van der Waals surface area (Å²) in [4.78, 5) is 25.5. The van der Waals surface area contributed by atoms with E-state index in [-0.39, 0.29) is 23.7 Å². The van der Waals surface area contributed by atoms with Crippen LogP contribution in [0.15, 0.2) is 48.5 Å². The molecule has 1 aliphatic heterocycles. The number of hydrogen-bond donors (Lipinski definition) is 1. The first-order valence-electron chi connectivity index (χ1n) is 11.2. The van der Waals surface area contributed by atoms with E-state index in [1.807, 2.05) is 53.1 Å². The number of carboxylic acid groups (broad SMARTS) is 1. The van der Waals surface area contributed by atoms with Crippen molar-refractivity contribution in [1.82, 2.24) is 4.57 Å². The van der Waals surface area contributed by atoms with Crippen molar-refractivity contribution in [2.24, 2.45) is 17.8 Å². The van der Waals surface area contributed by atoms with Gasteiger partial charge in [-0.15, -0.1) is 0 Å². The second kappa shape index (κ2) is 6.98. The van der Waals surface area contributed by atoms with Crippen molar-refractivity contribution < 1.29 is 19.4 Å². The van der Waals surface area contributed by atoms with Crippen LogP contribution in [0, 0.1) is 17.8 Å². The molecule has 1 fully saturated rings. The highest BCUT2D eigenvalue weighted by Gasteiger charge is 2.51. The zero-order chi connectivity index (χ0) is 21.1. The number of aliphatic carboxylic acids is 1. The summed E-state index contributed by atoms with van der Waals surface area (Å²) in [6.07, 6.45) is 3.95. The van der Waals surface area contributed by atoms with Gasteiger partial charge in [-0.25, -0.2) is 0 Å². The smallest absolute Gasteiger partial charge is 0.307 e. The molecule has 3 aromatic rings. The summed E-state index contributed by atoms with van der Waals surface area (Å²) < 4.78 is 8.14. The van der Waals surface area contributed by atoms with Crippen molar-refractivity contribution >= 4 is 22.8 Å². The summed E-state index contributed by atoms with van der Waals surface area (Å²) in [5.74, 6) is 0.312. The number of benzene rings is 2. The summed E-state index contributed by atoms with van der Waals surface area (Å²) in [5, 5.41) is 11.0. The molecule has 4 atom stereocenters. The molecule has 2 aliphatic carbocycles. The van der Waals surface area contributed by atoms with Crippen molar-refractivity contribution in [2.75, 3.05) is 0 Å². The maximum Gasteiger partial charge on any atom is 0.307 e. The molecule has 1 aromatic heterocycles. The summed E-state index contributed by atoms with van der Waals surface area (Å²) in [6, 6.07) is 15.9. The predicted molar refractivity (Wildman–Crippen MR) is 116 cm³/mol. The van der Waals surface area contributed by atoms with Gasteiger partial charge in [-0.05, 0) is 54.4 Å². The Morgan fingerprint density at radius 3 is 2.71 bits per heavy atom. The van der Waals surface area contributed by atoms with Gasteiger partial charge in [0.15, 0.2) is 0 Å². The molecule has 2 heterocycles. The van der Waals surface area contributed by atoms with Crippen LogP contribution in [0.25, 0.3) is 10.9 Å². The van der Waals surface area contributed by atoms with Crippen molar-refractivity contribution in [3.63, 3.8) is 0 Å². The summed E-state index contributed by atoms with van der Waals surface area (Å²) >= 11 is 0.